The topological polar surface area (TPSA) is 211 Å². The van der Waals surface area contributed by atoms with E-state index < -0.39 is 55.7 Å². The molecule has 4 aromatic rings. The molecule has 2 aromatic carbocycles. The number of benzene rings is 2. The van der Waals surface area contributed by atoms with Crippen LogP contribution in [0.15, 0.2) is 74.0 Å². The van der Waals surface area contributed by atoms with Gasteiger partial charge in [-0.3, -0.25) is 0 Å². The molecule has 0 amide bonds. The van der Waals surface area contributed by atoms with Crippen LogP contribution in [0.3, 0.4) is 0 Å². The van der Waals surface area contributed by atoms with Gasteiger partial charge in [0, 0.05) is 0 Å². The Morgan fingerprint density at radius 2 is 0.939 bits per heavy atom. The third kappa shape index (κ3) is 10.3. The Balaban J connectivity index is 0.000000135. The summed E-state index contributed by atoms with van der Waals surface area (Å²) in [6.45, 7) is 9.83. The van der Waals surface area contributed by atoms with Gasteiger partial charge in [0.15, 0.2) is 5.76 Å². The summed E-state index contributed by atoms with van der Waals surface area (Å²) in [5.74, 6) is -9.31. The van der Waals surface area contributed by atoms with Crippen LogP contribution in [-0.4, -0.2) is 64.8 Å². The van der Waals surface area contributed by atoms with Gasteiger partial charge in [0.05, 0.1) is 0 Å². The fraction of sp³-hybridized carbons (Fsp3) is 0.400. The first-order chi connectivity index (χ1) is 31.3. The predicted molar refractivity (Wildman–Crippen MR) is 229 cm³/mol. The second kappa shape index (κ2) is 19.1. The quantitative estimate of drug-likeness (QED) is 0.118. The molecule has 0 N–H and O–H groups in total. The average molecular weight is 911 g/mol. The van der Waals surface area contributed by atoms with Gasteiger partial charge in [0.25, 0.3) is 6.33 Å². The lowest BCUT2D eigenvalue weighted by Crippen LogP contribution is -2.40. The molecule has 2 aliphatic carbocycles. The molecule has 4 saturated heterocycles. The lowest BCUT2D eigenvalue weighted by Gasteiger charge is -2.22. The Bertz CT molecular complexity index is 2270. The predicted octanol–water partition coefficient (Wildman–Crippen LogP) is 4.62. The Labute approximate surface area is 380 Å². The van der Waals surface area contributed by atoms with E-state index in [1.54, 1.807) is 0 Å². The van der Waals surface area contributed by atoms with Crippen LogP contribution in [0.2, 0.25) is 0 Å². The molecule has 19 nitrogen and oxygen atoms in total. The van der Waals surface area contributed by atoms with Gasteiger partial charge in [0.1, 0.15) is 48.2 Å². The van der Waals surface area contributed by atoms with Gasteiger partial charge < -0.3 is 37.2 Å². The van der Waals surface area contributed by atoms with Crippen molar-refractivity contribution in [3.05, 3.63) is 107 Å². The van der Waals surface area contributed by atoms with Crippen LogP contribution in [-0.2, 0) is 70.8 Å². The standard InChI is InChI=1S/C21H25N2.C15H25N2.C5H2BO7.C4BO8/c1-14-9-16(3)20(17(4)10-14)22-7-8-23(13-22)21-18(5)11-15(2)12-19(21)6;1-3-7-14(8-4-1)16-11-12-17(13-16)15-9-5-2-6-10-15;1-2-3(7)11-6(10-2)12-4(8)5(9)13-6;6-1-2(7)11-5(10-1)12-3(8)4(9)13-5/h7-13H,1-6H3;11-15H,1-10H2;1H2;/q2*+1;2*-1. The molecule has 10 rings (SSSR count). The zero-order chi connectivity index (χ0) is 47.5. The van der Waals surface area contributed by atoms with E-state index in [2.05, 4.69) is 165 Å². The summed E-state index contributed by atoms with van der Waals surface area (Å²) in [5, 5.41) is 0. The van der Waals surface area contributed by atoms with E-state index in [-0.39, 0.29) is 5.76 Å². The summed E-state index contributed by atoms with van der Waals surface area (Å²) in [7, 11) is 0. The number of carbonyl (C=O) groups excluding carboxylic acids is 7. The van der Waals surface area contributed by atoms with Crippen molar-refractivity contribution in [3.8, 4) is 11.4 Å². The van der Waals surface area contributed by atoms with E-state index in [0.717, 1.165) is 12.1 Å². The molecule has 4 aliphatic heterocycles. The Morgan fingerprint density at radius 1 is 0.515 bits per heavy atom. The first-order valence-corrected chi connectivity index (χ1v) is 21.9. The van der Waals surface area contributed by atoms with E-state index in [1.807, 2.05) is 0 Å². The first-order valence-electron chi connectivity index (χ1n) is 21.9. The lowest BCUT2D eigenvalue weighted by molar-refractivity contribution is -0.725. The highest BCUT2D eigenvalue weighted by Gasteiger charge is 2.61. The summed E-state index contributed by atoms with van der Waals surface area (Å²) in [6.07, 6.45) is 27.6. The fourth-order valence-electron chi connectivity index (χ4n) is 9.14. The van der Waals surface area contributed by atoms with Crippen LogP contribution >= 0.6 is 0 Å². The monoisotopic (exact) mass is 910 g/mol. The number of aryl methyl sites for hydroxylation is 6. The van der Waals surface area contributed by atoms with Gasteiger partial charge in [-0.2, -0.15) is 0 Å². The van der Waals surface area contributed by atoms with E-state index >= 15 is 0 Å². The zero-order valence-corrected chi connectivity index (χ0v) is 37.8. The summed E-state index contributed by atoms with van der Waals surface area (Å²) in [4.78, 5) is 73.8. The molecule has 0 unspecified atom stereocenters. The molecular formula is C45H52B2N4O15. The number of hydrogen-bond acceptors (Lipinski definition) is 15. The summed E-state index contributed by atoms with van der Waals surface area (Å²) >= 11 is 0. The van der Waals surface area contributed by atoms with Crippen molar-refractivity contribution in [2.75, 3.05) is 0 Å². The van der Waals surface area contributed by atoms with E-state index in [9.17, 15) is 33.6 Å². The molecule has 0 bridgehead atoms. The van der Waals surface area contributed by atoms with Crippen molar-refractivity contribution in [1.29, 1.82) is 0 Å². The van der Waals surface area contributed by atoms with Crippen LogP contribution in [0.4, 0.5) is 0 Å². The van der Waals surface area contributed by atoms with Crippen LogP contribution in [0.5, 0.6) is 0 Å². The largest absolute Gasteiger partial charge is 0.786 e. The second-order valence-corrected chi connectivity index (χ2v) is 17.1. The van der Waals surface area contributed by atoms with Crippen LogP contribution in [0.25, 0.3) is 11.4 Å². The highest BCUT2D eigenvalue weighted by Crippen LogP contribution is 2.30. The van der Waals surface area contributed by atoms with E-state index in [4.69, 9.17) is 0 Å². The molecule has 0 atom stereocenters. The van der Waals surface area contributed by atoms with Gasteiger partial charge in [-0.05, 0) is 115 Å². The normalized spacial score (nSPS) is 19.5. The third-order valence-electron chi connectivity index (χ3n) is 11.9. The van der Waals surface area contributed by atoms with Crippen LogP contribution in [0, 0.1) is 41.5 Å². The molecular weight excluding hydrogens is 858 g/mol. The van der Waals surface area contributed by atoms with Crippen molar-refractivity contribution in [2.45, 2.75) is 118 Å². The van der Waals surface area contributed by atoms with Gasteiger partial charge in [-0.1, -0.05) is 54.8 Å². The number of rotatable bonds is 4. The van der Waals surface area contributed by atoms with E-state index in [0.29, 0.717) is 0 Å². The molecule has 66 heavy (non-hydrogen) atoms. The minimum Gasteiger partial charge on any atom is -0.606 e. The zero-order valence-electron chi connectivity index (χ0n) is 37.8. The van der Waals surface area contributed by atoms with E-state index in [1.165, 1.54) is 109 Å². The average Bonchev–Trinajstić information content (AvgIpc) is 4.11. The van der Waals surface area contributed by atoms with Crippen molar-refractivity contribution >= 4 is 55.7 Å². The number of imidazole rings is 2. The summed E-state index contributed by atoms with van der Waals surface area (Å²) < 4.78 is 43.5. The molecule has 2 saturated carbocycles. The maximum absolute atomic E-state index is 10.7. The molecule has 0 radical (unpaired) electrons. The molecule has 6 fully saturated rings. The Kier molecular flexibility index (Phi) is 13.6. The second-order valence-electron chi connectivity index (χ2n) is 17.1. The number of carbonyl (C=O) groups is 7. The fourth-order valence-corrected chi connectivity index (χ4v) is 9.14. The molecule has 2 aromatic heterocycles. The third-order valence-corrected chi connectivity index (χ3v) is 11.9. The van der Waals surface area contributed by atoms with Crippen LogP contribution in [0.1, 0.15) is 110 Å². The van der Waals surface area contributed by atoms with Crippen molar-refractivity contribution in [2.24, 2.45) is 0 Å². The molecule has 21 heteroatoms. The SMILES string of the molecule is C=C1O[B-]2(OC1=O)OC(=O)C(=O)O2.Cc1cc(C)c(-n2cc[n+](-c3c(C)cc(C)cc3C)c2)c(C)c1.O=C1O[B-]2(OC1=O)OC(=O)C(=O)O2.c1c[n+](C2CCCCC2)cn1C1CCCCC1. The highest BCUT2D eigenvalue weighted by molar-refractivity contribution is 6.74. The lowest BCUT2D eigenvalue weighted by atomic mass is 9.95. The minimum absolute atomic E-state index is 0.373. The molecule has 6 aliphatic rings. The molecule has 6 heterocycles. The number of nitrogens with zero attached hydrogens (tertiary/aromatic N) is 4. The number of hydrogen-bond donors (Lipinski definition) is 0. The maximum Gasteiger partial charge on any atom is 0.786 e. The van der Waals surface area contributed by atoms with Gasteiger partial charge >= 0.3 is 55.7 Å². The smallest absolute Gasteiger partial charge is 0.606 e. The van der Waals surface area contributed by atoms with Gasteiger partial charge in [-0.15, -0.1) is 0 Å². The minimum atomic E-state index is -3.30. The molecule has 348 valence electrons. The Morgan fingerprint density at radius 3 is 1.39 bits per heavy atom. The highest BCUT2D eigenvalue weighted by atomic mass is 17.0. The van der Waals surface area contributed by atoms with Gasteiger partial charge in [-0.25, -0.2) is 51.8 Å². The first kappa shape index (κ1) is 46.8. The maximum atomic E-state index is 10.7. The summed E-state index contributed by atoms with van der Waals surface area (Å²) in [5.41, 5.74) is 10.4. The summed E-state index contributed by atoms with van der Waals surface area (Å²) in [6, 6.07) is 10.6. The van der Waals surface area contributed by atoms with Crippen LogP contribution < -0.4 is 9.13 Å². The van der Waals surface area contributed by atoms with Crippen molar-refractivity contribution in [3.63, 3.8) is 0 Å². The van der Waals surface area contributed by atoms with Crippen molar-refractivity contribution in [1.82, 2.24) is 9.13 Å². The molecule has 2 spiro atoms. The Hall–Kier alpha value is -7.18. The van der Waals surface area contributed by atoms with Crippen molar-refractivity contribution < 1.29 is 79.9 Å². The number of aromatic nitrogens is 4. The van der Waals surface area contributed by atoms with Gasteiger partial charge in [0.2, 0.25) is 6.33 Å².